The molecule has 17 heavy (non-hydrogen) atoms. The van der Waals surface area contributed by atoms with Crippen molar-refractivity contribution in [3.8, 4) is 0 Å². The van der Waals surface area contributed by atoms with Crippen molar-refractivity contribution in [3.05, 3.63) is 35.4 Å². The third kappa shape index (κ3) is 4.64. The molecule has 1 aromatic carbocycles. The Labute approximate surface area is 106 Å². The molecule has 0 radical (unpaired) electrons. The Balaban J connectivity index is 2.72. The van der Waals surface area contributed by atoms with Crippen LogP contribution in [0.2, 0.25) is 0 Å². The monoisotopic (exact) mass is 259 g/mol. The molecule has 0 aliphatic heterocycles. The molecule has 0 amide bonds. The summed E-state index contributed by atoms with van der Waals surface area (Å²) in [5, 5.41) is 3.66. The second-order valence-electron chi connectivity index (χ2n) is 4.10. The van der Waals surface area contributed by atoms with E-state index < -0.39 is 11.6 Å². The van der Waals surface area contributed by atoms with Crippen LogP contribution in [0.3, 0.4) is 0 Å². The zero-order valence-corrected chi connectivity index (χ0v) is 11.3. The number of halogens is 2. The Bertz CT molecular complexity index is 337. The summed E-state index contributed by atoms with van der Waals surface area (Å²) in [4.78, 5) is 0. The van der Waals surface area contributed by atoms with Gasteiger partial charge in [-0.2, -0.15) is 11.8 Å². The van der Waals surface area contributed by atoms with Gasteiger partial charge in [-0.25, -0.2) is 8.78 Å². The lowest BCUT2D eigenvalue weighted by Crippen LogP contribution is -2.20. The molecule has 4 heteroatoms. The molecule has 0 bridgehead atoms. The molecule has 96 valence electrons. The lowest BCUT2D eigenvalue weighted by molar-refractivity contribution is 0.568. The standard InChI is InChI=1S/C13H19F2NS/c1-4-9(2)17-8-13(16-3)10-5-11(14)7-12(15)6-10/h5-7,9,13,16H,4,8H2,1-3H3. The van der Waals surface area contributed by atoms with Gasteiger partial charge >= 0.3 is 0 Å². The van der Waals surface area contributed by atoms with Crippen LogP contribution >= 0.6 is 11.8 Å². The second-order valence-corrected chi connectivity index (χ2v) is 5.57. The molecule has 0 aliphatic carbocycles. The summed E-state index contributed by atoms with van der Waals surface area (Å²) in [5.74, 6) is -0.225. The quantitative estimate of drug-likeness (QED) is 0.835. The van der Waals surface area contributed by atoms with E-state index in [1.165, 1.54) is 12.1 Å². The van der Waals surface area contributed by atoms with E-state index in [0.717, 1.165) is 18.2 Å². The fourth-order valence-corrected chi connectivity index (χ4v) is 2.62. The molecule has 1 aromatic rings. The van der Waals surface area contributed by atoms with Crippen LogP contribution in [0.1, 0.15) is 31.9 Å². The fourth-order valence-electron chi connectivity index (χ4n) is 1.50. The van der Waals surface area contributed by atoms with Gasteiger partial charge in [0.25, 0.3) is 0 Å². The average molecular weight is 259 g/mol. The smallest absolute Gasteiger partial charge is 0.126 e. The molecule has 0 spiro atoms. The minimum atomic E-state index is -0.520. The zero-order chi connectivity index (χ0) is 12.8. The molecule has 0 saturated carbocycles. The molecule has 2 unspecified atom stereocenters. The van der Waals surface area contributed by atoms with E-state index in [4.69, 9.17) is 0 Å². The Morgan fingerprint density at radius 2 is 1.82 bits per heavy atom. The van der Waals surface area contributed by atoms with Gasteiger partial charge in [0, 0.05) is 23.1 Å². The van der Waals surface area contributed by atoms with Gasteiger partial charge in [-0.15, -0.1) is 0 Å². The van der Waals surface area contributed by atoms with Crippen molar-refractivity contribution >= 4 is 11.8 Å². The first-order valence-electron chi connectivity index (χ1n) is 5.81. The van der Waals surface area contributed by atoms with E-state index >= 15 is 0 Å². The third-order valence-corrected chi connectivity index (χ3v) is 4.19. The van der Waals surface area contributed by atoms with Crippen molar-refractivity contribution in [1.29, 1.82) is 0 Å². The molecule has 0 aromatic heterocycles. The van der Waals surface area contributed by atoms with E-state index in [2.05, 4.69) is 19.2 Å². The topological polar surface area (TPSA) is 12.0 Å². The zero-order valence-electron chi connectivity index (χ0n) is 10.5. The number of hydrogen-bond acceptors (Lipinski definition) is 2. The SMILES string of the molecule is CCC(C)SCC(NC)c1cc(F)cc(F)c1. The maximum Gasteiger partial charge on any atom is 0.126 e. The first-order valence-corrected chi connectivity index (χ1v) is 6.86. The van der Waals surface area contributed by atoms with Crippen molar-refractivity contribution in [1.82, 2.24) is 5.32 Å². The summed E-state index contributed by atoms with van der Waals surface area (Å²) in [6.07, 6.45) is 1.10. The summed E-state index contributed by atoms with van der Waals surface area (Å²) < 4.78 is 26.2. The predicted molar refractivity (Wildman–Crippen MR) is 70.4 cm³/mol. The Kier molecular flexibility index (Phi) is 5.92. The van der Waals surface area contributed by atoms with E-state index in [-0.39, 0.29) is 6.04 Å². The number of rotatable bonds is 6. The van der Waals surface area contributed by atoms with Crippen molar-refractivity contribution in [2.45, 2.75) is 31.6 Å². The van der Waals surface area contributed by atoms with Gasteiger partial charge in [0.05, 0.1) is 0 Å². The van der Waals surface area contributed by atoms with Crippen LogP contribution in [0.5, 0.6) is 0 Å². The number of thioether (sulfide) groups is 1. The highest BCUT2D eigenvalue weighted by molar-refractivity contribution is 7.99. The Morgan fingerprint density at radius 3 is 2.29 bits per heavy atom. The van der Waals surface area contributed by atoms with Gasteiger partial charge in [-0.05, 0) is 31.2 Å². The summed E-state index contributed by atoms with van der Waals surface area (Å²) in [7, 11) is 1.81. The van der Waals surface area contributed by atoms with E-state index in [9.17, 15) is 8.78 Å². The van der Waals surface area contributed by atoms with Gasteiger partial charge in [-0.3, -0.25) is 0 Å². The molecule has 2 atom stereocenters. The maximum atomic E-state index is 13.1. The van der Waals surface area contributed by atoms with E-state index in [1.807, 2.05) is 18.8 Å². The molecular formula is C13H19F2NS. The van der Waals surface area contributed by atoms with Crippen LogP contribution in [0.4, 0.5) is 8.78 Å². The second kappa shape index (κ2) is 6.97. The molecule has 1 N–H and O–H groups in total. The Hall–Kier alpha value is -0.610. The highest BCUT2D eigenvalue weighted by Gasteiger charge is 2.13. The summed E-state index contributed by atoms with van der Waals surface area (Å²) in [6.45, 7) is 4.29. The Morgan fingerprint density at radius 1 is 1.24 bits per heavy atom. The highest BCUT2D eigenvalue weighted by atomic mass is 32.2. The minimum Gasteiger partial charge on any atom is -0.312 e. The number of benzene rings is 1. The van der Waals surface area contributed by atoms with E-state index in [0.29, 0.717) is 10.8 Å². The van der Waals surface area contributed by atoms with Gasteiger partial charge < -0.3 is 5.32 Å². The molecule has 0 aliphatic rings. The molecule has 1 rings (SSSR count). The summed E-state index contributed by atoms with van der Waals surface area (Å²) in [5.41, 5.74) is 0.667. The largest absolute Gasteiger partial charge is 0.312 e. The van der Waals surface area contributed by atoms with Crippen molar-refractivity contribution in [2.24, 2.45) is 0 Å². The fraction of sp³-hybridized carbons (Fsp3) is 0.538. The van der Waals surface area contributed by atoms with Gasteiger partial charge in [0.1, 0.15) is 11.6 Å². The van der Waals surface area contributed by atoms with Gasteiger partial charge in [0.2, 0.25) is 0 Å². The molecule has 0 fully saturated rings. The number of nitrogens with one attached hydrogen (secondary N) is 1. The van der Waals surface area contributed by atoms with Crippen LogP contribution in [0.25, 0.3) is 0 Å². The molecule has 0 heterocycles. The lowest BCUT2D eigenvalue weighted by Gasteiger charge is -2.18. The van der Waals surface area contributed by atoms with Crippen LogP contribution in [0.15, 0.2) is 18.2 Å². The third-order valence-electron chi connectivity index (χ3n) is 2.76. The predicted octanol–water partition coefficient (Wildman–Crippen LogP) is 3.76. The lowest BCUT2D eigenvalue weighted by atomic mass is 10.1. The van der Waals surface area contributed by atoms with Crippen LogP contribution in [0, 0.1) is 11.6 Å². The molecule has 1 nitrogen and oxygen atoms in total. The van der Waals surface area contributed by atoms with Crippen LogP contribution < -0.4 is 5.32 Å². The average Bonchev–Trinajstić information content (AvgIpc) is 2.28. The van der Waals surface area contributed by atoms with Crippen LogP contribution in [-0.2, 0) is 0 Å². The molecular weight excluding hydrogens is 240 g/mol. The normalized spacial score (nSPS) is 14.6. The summed E-state index contributed by atoms with van der Waals surface area (Å²) in [6, 6.07) is 3.67. The van der Waals surface area contributed by atoms with Gasteiger partial charge in [0.15, 0.2) is 0 Å². The van der Waals surface area contributed by atoms with Crippen LogP contribution in [-0.4, -0.2) is 18.1 Å². The first kappa shape index (κ1) is 14.5. The first-order chi connectivity index (χ1) is 8.06. The van der Waals surface area contributed by atoms with Gasteiger partial charge in [-0.1, -0.05) is 13.8 Å². The summed E-state index contributed by atoms with van der Waals surface area (Å²) >= 11 is 1.81. The van der Waals surface area contributed by atoms with Crippen molar-refractivity contribution in [3.63, 3.8) is 0 Å². The number of hydrogen-bond donors (Lipinski definition) is 1. The van der Waals surface area contributed by atoms with Crippen molar-refractivity contribution in [2.75, 3.05) is 12.8 Å². The van der Waals surface area contributed by atoms with Crippen molar-refractivity contribution < 1.29 is 8.78 Å². The highest BCUT2D eigenvalue weighted by Crippen LogP contribution is 2.23. The van der Waals surface area contributed by atoms with E-state index in [1.54, 1.807) is 0 Å². The maximum absolute atomic E-state index is 13.1. The molecule has 0 saturated heterocycles. The minimum absolute atomic E-state index is 0.0146.